The molecule has 5 rings (SSSR count). The van der Waals surface area contributed by atoms with Crippen LogP contribution in [0, 0.1) is 5.82 Å². The molecule has 0 radical (unpaired) electrons. The zero-order chi connectivity index (χ0) is 25.9. The molecule has 8 nitrogen and oxygen atoms in total. The van der Waals surface area contributed by atoms with Crippen molar-refractivity contribution in [1.82, 2.24) is 20.2 Å². The van der Waals surface area contributed by atoms with Crippen LogP contribution >= 0.6 is 11.6 Å². The lowest BCUT2D eigenvalue weighted by Crippen LogP contribution is -2.48. The van der Waals surface area contributed by atoms with Crippen LogP contribution in [0.5, 0.6) is 11.5 Å². The van der Waals surface area contributed by atoms with E-state index < -0.39 is 5.82 Å². The molecule has 2 fully saturated rings. The lowest BCUT2D eigenvalue weighted by atomic mass is 9.91. The fourth-order valence-corrected chi connectivity index (χ4v) is 5.67. The van der Waals surface area contributed by atoms with Crippen molar-refractivity contribution in [3.63, 3.8) is 0 Å². The maximum absolute atomic E-state index is 14.5. The van der Waals surface area contributed by atoms with Gasteiger partial charge in [0.15, 0.2) is 17.3 Å². The highest BCUT2D eigenvalue weighted by atomic mass is 35.5. The van der Waals surface area contributed by atoms with E-state index in [0.717, 1.165) is 45.1 Å². The first-order valence-corrected chi connectivity index (χ1v) is 13.0. The number of aromatic nitrogens is 2. The Labute approximate surface area is 220 Å². The molecule has 196 valence electrons. The lowest BCUT2D eigenvalue weighted by Gasteiger charge is -2.37. The van der Waals surface area contributed by atoms with E-state index in [9.17, 15) is 9.18 Å². The maximum atomic E-state index is 14.5. The van der Waals surface area contributed by atoms with Gasteiger partial charge >= 0.3 is 0 Å². The number of hydrogen-bond donors (Lipinski definition) is 2. The number of ether oxygens (including phenoxy) is 2. The third-order valence-corrected chi connectivity index (χ3v) is 7.67. The number of methoxy groups -OCH3 is 1. The molecule has 0 bridgehead atoms. The summed E-state index contributed by atoms with van der Waals surface area (Å²) in [5.74, 6) is 1.17. The summed E-state index contributed by atoms with van der Waals surface area (Å²) in [6.07, 6.45) is 7.12. The van der Waals surface area contributed by atoms with E-state index in [1.165, 1.54) is 12.4 Å². The van der Waals surface area contributed by atoms with Crippen molar-refractivity contribution in [3.05, 3.63) is 47.5 Å². The standard InChI is InChI=1S/C27H31ClFN5O3/c1-30-27(35)22-7-4-12-34(22)16-8-10-17(11-9-16)37-24-13-18-21(14-23(24)36-2)31-15-32-26(18)33-20-6-3-5-19(28)25(20)29/h3,5-6,13-17,22H,4,7-12H2,1-2H3,(H,30,35)(H,31,32,33)/t16-,17-,22-/m1/s1. The predicted molar refractivity (Wildman–Crippen MR) is 141 cm³/mol. The number of hydrogen-bond acceptors (Lipinski definition) is 7. The van der Waals surface area contributed by atoms with E-state index in [0.29, 0.717) is 34.3 Å². The Bertz CT molecular complexity index is 1280. The summed E-state index contributed by atoms with van der Waals surface area (Å²) in [5, 5.41) is 6.55. The van der Waals surface area contributed by atoms with Crippen molar-refractivity contribution < 1.29 is 18.7 Å². The molecule has 37 heavy (non-hydrogen) atoms. The largest absolute Gasteiger partial charge is 0.493 e. The summed E-state index contributed by atoms with van der Waals surface area (Å²) in [6, 6.07) is 8.77. The number of likely N-dealkylation sites (N-methyl/N-ethyl adjacent to an activating group) is 1. The van der Waals surface area contributed by atoms with E-state index in [-0.39, 0.29) is 28.8 Å². The predicted octanol–water partition coefficient (Wildman–Crippen LogP) is 5.07. The summed E-state index contributed by atoms with van der Waals surface area (Å²) in [6.45, 7) is 0.968. The molecule has 2 heterocycles. The van der Waals surface area contributed by atoms with Crippen LogP contribution in [0.25, 0.3) is 10.9 Å². The molecule has 1 aliphatic carbocycles. The summed E-state index contributed by atoms with van der Waals surface area (Å²) >= 11 is 5.95. The Morgan fingerprint density at radius 3 is 2.70 bits per heavy atom. The molecule has 2 N–H and O–H groups in total. The highest BCUT2D eigenvalue weighted by Crippen LogP contribution is 2.38. The average molecular weight is 528 g/mol. The van der Waals surface area contributed by atoms with Gasteiger partial charge in [-0.2, -0.15) is 0 Å². The highest BCUT2D eigenvalue weighted by Gasteiger charge is 2.37. The molecule has 2 aromatic carbocycles. The molecule has 1 aliphatic heterocycles. The van der Waals surface area contributed by atoms with Gasteiger partial charge < -0.3 is 20.1 Å². The summed E-state index contributed by atoms with van der Waals surface area (Å²) in [5.41, 5.74) is 0.864. The van der Waals surface area contributed by atoms with Crippen molar-refractivity contribution in [3.8, 4) is 11.5 Å². The molecule has 10 heteroatoms. The van der Waals surface area contributed by atoms with Crippen LogP contribution in [0.4, 0.5) is 15.9 Å². The van der Waals surface area contributed by atoms with E-state index >= 15 is 0 Å². The summed E-state index contributed by atoms with van der Waals surface area (Å²) in [7, 11) is 3.30. The van der Waals surface area contributed by atoms with Crippen LogP contribution in [-0.4, -0.2) is 59.7 Å². The molecule has 3 aromatic rings. The zero-order valence-corrected chi connectivity index (χ0v) is 21.7. The van der Waals surface area contributed by atoms with Gasteiger partial charge in [0.05, 0.1) is 35.5 Å². The second-order valence-electron chi connectivity index (χ2n) is 9.53. The van der Waals surface area contributed by atoms with Crippen molar-refractivity contribution in [2.75, 3.05) is 26.0 Å². The van der Waals surface area contributed by atoms with Crippen molar-refractivity contribution in [2.45, 2.75) is 56.7 Å². The van der Waals surface area contributed by atoms with Gasteiger partial charge in [-0.3, -0.25) is 9.69 Å². The minimum atomic E-state index is -0.547. The van der Waals surface area contributed by atoms with Crippen LogP contribution in [0.3, 0.4) is 0 Å². The fraction of sp³-hybridized carbons (Fsp3) is 0.444. The molecule has 1 amide bonds. The molecule has 1 saturated carbocycles. The first-order valence-electron chi connectivity index (χ1n) is 12.7. The third-order valence-electron chi connectivity index (χ3n) is 7.38. The molecule has 1 aromatic heterocycles. The van der Waals surface area contributed by atoms with Crippen LogP contribution < -0.4 is 20.1 Å². The fourth-order valence-electron chi connectivity index (χ4n) is 5.49. The van der Waals surface area contributed by atoms with Crippen molar-refractivity contribution >= 4 is 39.9 Å². The molecular weight excluding hydrogens is 497 g/mol. The van der Waals surface area contributed by atoms with Crippen molar-refractivity contribution in [2.24, 2.45) is 0 Å². The second kappa shape index (κ2) is 11.1. The van der Waals surface area contributed by atoms with Gasteiger partial charge in [-0.05, 0) is 63.3 Å². The molecule has 1 atom stereocenters. The minimum Gasteiger partial charge on any atom is -0.493 e. The number of nitrogens with zero attached hydrogens (tertiary/aromatic N) is 3. The van der Waals surface area contributed by atoms with E-state index in [1.54, 1.807) is 32.4 Å². The number of benzene rings is 2. The topological polar surface area (TPSA) is 88.6 Å². The number of anilines is 2. The number of carbonyl (C=O) groups is 1. The number of nitrogens with one attached hydrogen (secondary N) is 2. The Balaban J connectivity index is 1.33. The van der Waals surface area contributed by atoms with Gasteiger partial charge in [0, 0.05) is 24.5 Å². The van der Waals surface area contributed by atoms with E-state index in [4.69, 9.17) is 21.1 Å². The SMILES string of the molecule is CNC(=O)[C@H]1CCCN1[C@H]1CC[C@H](Oc2cc3c(Nc4cccc(Cl)c4F)ncnc3cc2OC)CC1. The van der Waals surface area contributed by atoms with Gasteiger partial charge in [0.1, 0.15) is 12.1 Å². The van der Waals surface area contributed by atoms with Crippen LogP contribution in [0.15, 0.2) is 36.7 Å². The van der Waals surface area contributed by atoms with Crippen molar-refractivity contribution in [1.29, 1.82) is 0 Å². The normalized spacial score (nSPS) is 22.1. The van der Waals surface area contributed by atoms with Gasteiger partial charge in [-0.15, -0.1) is 0 Å². The van der Waals surface area contributed by atoms with Gasteiger partial charge in [0.2, 0.25) is 5.91 Å². The molecular formula is C27H31ClFN5O3. The lowest BCUT2D eigenvalue weighted by molar-refractivity contribution is -0.126. The van der Waals surface area contributed by atoms with Gasteiger partial charge in [0.25, 0.3) is 0 Å². The monoisotopic (exact) mass is 527 g/mol. The summed E-state index contributed by atoms with van der Waals surface area (Å²) < 4.78 is 26.6. The number of rotatable bonds is 7. The number of likely N-dealkylation sites (tertiary alicyclic amines) is 1. The molecule has 1 saturated heterocycles. The first kappa shape index (κ1) is 25.5. The number of amides is 1. The van der Waals surface area contributed by atoms with Crippen LogP contribution in [0.2, 0.25) is 5.02 Å². The van der Waals surface area contributed by atoms with Crippen LogP contribution in [0.1, 0.15) is 38.5 Å². The number of carbonyl (C=O) groups excluding carboxylic acids is 1. The Hall–Kier alpha value is -3.17. The zero-order valence-electron chi connectivity index (χ0n) is 21.0. The minimum absolute atomic E-state index is 0.0232. The van der Waals surface area contributed by atoms with Crippen LogP contribution in [-0.2, 0) is 4.79 Å². The third kappa shape index (κ3) is 5.29. The summed E-state index contributed by atoms with van der Waals surface area (Å²) in [4.78, 5) is 23.4. The molecule has 2 aliphatic rings. The second-order valence-corrected chi connectivity index (χ2v) is 9.93. The van der Waals surface area contributed by atoms with Gasteiger partial charge in [-0.25, -0.2) is 14.4 Å². The van der Waals surface area contributed by atoms with E-state index in [2.05, 4.69) is 25.5 Å². The first-order chi connectivity index (χ1) is 18.0. The quantitative estimate of drug-likeness (QED) is 0.443. The number of halogens is 2. The molecule has 0 spiro atoms. The Kier molecular flexibility index (Phi) is 7.62. The number of fused-ring (bicyclic) bond motifs is 1. The Morgan fingerprint density at radius 1 is 1.14 bits per heavy atom. The van der Waals surface area contributed by atoms with E-state index in [1.807, 2.05) is 6.07 Å². The smallest absolute Gasteiger partial charge is 0.237 e. The average Bonchev–Trinajstić information content (AvgIpc) is 3.41. The Morgan fingerprint density at radius 2 is 1.95 bits per heavy atom. The highest BCUT2D eigenvalue weighted by molar-refractivity contribution is 6.31. The molecule has 0 unspecified atom stereocenters. The maximum Gasteiger partial charge on any atom is 0.237 e. The van der Waals surface area contributed by atoms with Gasteiger partial charge in [-0.1, -0.05) is 17.7 Å².